The third-order valence-corrected chi connectivity index (χ3v) is 5.39. The molecule has 0 spiro atoms. The van der Waals surface area contributed by atoms with Crippen molar-refractivity contribution in [1.82, 2.24) is 0 Å². The highest BCUT2D eigenvalue weighted by Gasteiger charge is 2.25. The highest BCUT2D eigenvalue weighted by atomic mass is 16.6. The quantitative estimate of drug-likeness (QED) is 0.569. The molecule has 0 saturated carbocycles. The van der Waals surface area contributed by atoms with Gasteiger partial charge in [-0.05, 0) is 43.2 Å². The number of benzene rings is 2. The first-order valence-corrected chi connectivity index (χ1v) is 9.66. The lowest BCUT2D eigenvalue weighted by Crippen LogP contribution is -3.15. The Morgan fingerprint density at radius 1 is 1.21 bits per heavy atom. The Morgan fingerprint density at radius 3 is 2.52 bits per heavy atom. The standard InChI is InChI=1S/C21H26N4O4/c1-15-12-17(19(25(27)28)13-16(15)2)22-21(26)14-23-8-10-24(11-9-23)18-6-4-5-7-20(18)29-3/h4-7,12-13H,8-11,14H2,1-3H3,(H,22,26)/p+1. The summed E-state index contributed by atoms with van der Waals surface area (Å²) in [5.41, 5.74) is 2.98. The highest BCUT2D eigenvalue weighted by Crippen LogP contribution is 2.28. The summed E-state index contributed by atoms with van der Waals surface area (Å²) in [5, 5.41) is 14.0. The van der Waals surface area contributed by atoms with E-state index in [2.05, 4.69) is 10.2 Å². The molecule has 8 nitrogen and oxygen atoms in total. The second kappa shape index (κ2) is 8.91. The predicted octanol–water partition coefficient (Wildman–Crippen LogP) is 1.56. The minimum atomic E-state index is -0.457. The number of aryl methyl sites for hydroxylation is 2. The fourth-order valence-electron chi connectivity index (χ4n) is 3.61. The van der Waals surface area contributed by atoms with Gasteiger partial charge >= 0.3 is 0 Å². The lowest BCUT2D eigenvalue weighted by Gasteiger charge is -2.34. The van der Waals surface area contributed by atoms with Crippen LogP contribution >= 0.6 is 0 Å². The molecule has 0 atom stereocenters. The predicted molar refractivity (Wildman–Crippen MR) is 112 cm³/mol. The van der Waals surface area contributed by atoms with Gasteiger partial charge < -0.3 is 19.9 Å². The number of anilines is 2. The van der Waals surface area contributed by atoms with E-state index in [1.54, 1.807) is 13.2 Å². The lowest BCUT2D eigenvalue weighted by molar-refractivity contribution is -0.892. The van der Waals surface area contributed by atoms with Crippen molar-refractivity contribution < 1.29 is 19.4 Å². The topological polar surface area (TPSA) is 89.2 Å². The molecule has 1 aliphatic rings. The average molecular weight is 399 g/mol. The van der Waals surface area contributed by atoms with Gasteiger partial charge in [0.2, 0.25) is 0 Å². The summed E-state index contributed by atoms with van der Waals surface area (Å²) in [5.74, 6) is 0.632. The van der Waals surface area contributed by atoms with Gasteiger partial charge in [-0.1, -0.05) is 12.1 Å². The van der Waals surface area contributed by atoms with Crippen LogP contribution in [0.1, 0.15) is 11.1 Å². The summed E-state index contributed by atoms with van der Waals surface area (Å²) in [6.45, 7) is 7.21. The molecule has 2 aromatic carbocycles. The molecule has 1 aliphatic heterocycles. The fourth-order valence-corrected chi connectivity index (χ4v) is 3.61. The fraction of sp³-hybridized carbons (Fsp3) is 0.381. The zero-order valence-electron chi connectivity index (χ0n) is 17.0. The largest absolute Gasteiger partial charge is 0.495 e. The van der Waals surface area contributed by atoms with Crippen molar-refractivity contribution in [2.75, 3.05) is 50.1 Å². The molecule has 1 saturated heterocycles. The lowest BCUT2D eigenvalue weighted by atomic mass is 10.1. The van der Waals surface area contributed by atoms with Crippen molar-refractivity contribution in [1.29, 1.82) is 0 Å². The van der Waals surface area contributed by atoms with Crippen molar-refractivity contribution in [2.24, 2.45) is 0 Å². The van der Waals surface area contributed by atoms with Crippen LogP contribution in [-0.4, -0.2) is 50.7 Å². The summed E-state index contributed by atoms with van der Waals surface area (Å²) in [4.78, 5) is 26.8. The Hall–Kier alpha value is -3.13. The number of para-hydroxylation sites is 2. The first kappa shape index (κ1) is 20.6. The monoisotopic (exact) mass is 399 g/mol. The van der Waals surface area contributed by atoms with E-state index in [-0.39, 0.29) is 23.8 Å². The van der Waals surface area contributed by atoms with E-state index in [1.165, 1.54) is 6.07 Å². The molecule has 3 rings (SSSR count). The van der Waals surface area contributed by atoms with Gasteiger partial charge in [-0.3, -0.25) is 14.9 Å². The van der Waals surface area contributed by atoms with Crippen molar-refractivity contribution >= 4 is 23.0 Å². The van der Waals surface area contributed by atoms with Crippen LogP contribution in [0.15, 0.2) is 36.4 Å². The van der Waals surface area contributed by atoms with Crippen LogP contribution in [-0.2, 0) is 4.79 Å². The number of amides is 1. The van der Waals surface area contributed by atoms with Crippen LogP contribution in [0.25, 0.3) is 0 Å². The van der Waals surface area contributed by atoms with E-state index >= 15 is 0 Å². The number of hydrogen-bond donors (Lipinski definition) is 2. The number of ether oxygens (including phenoxy) is 1. The zero-order valence-corrected chi connectivity index (χ0v) is 17.0. The molecule has 8 heteroatoms. The van der Waals surface area contributed by atoms with Crippen LogP contribution in [0, 0.1) is 24.0 Å². The SMILES string of the molecule is COc1ccccc1N1CC[NH+](CC(=O)Nc2cc(C)c(C)cc2[N+](=O)[O-])CC1. The van der Waals surface area contributed by atoms with E-state index in [1.807, 2.05) is 38.1 Å². The van der Waals surface area contributed by atoms with Gasteiger partial charge in [0, 0.05) is 6.07 Å². The number of rotatable bonds is 6. The van der Waals surface area contributed by atoms with Crippen LogP contribution in [0.5, 0.6) is 5.75 Å². The first-order chi connectivity index (χ1) is 13.9. The molecule has 0 aliphatic carbocycles. The third-order valence-electron chi connectivity index (χ3n) is 5.39. The highest BCUT2D eigenvalue weighted by molar-refractivity contribution is 5.94. The van der Waals surface area contributed by atoms with Gasteiger partial charge in [-0.25, -0.2) is 0 Å². The number of quaternary nitrogens is 1. The summed E-state index contributed by atoms with van der Waals surface area (Å²) in [6.07, 6.45) is 0. The van der Waals surface area contributed by atoms with Crippen molar-refractivity contribution in [3.63, 3.8) is 0 Å². The molecular weight excluding hydrogens is 372 g/mol. The maximum absolute atomic E-state index is 12.5. The number of carbonyl (C=O) groups is 1. The summed E-state index contributed by atoms with van der Waals surface area (Å²) in [6, 6.07) is 11.1. The van der Waals surface area contributed by atoms with Gasteiger partial charge in [0.1, 0.15) is 11.4 Å². The number of nitrogens with zero attached hydrogens (tertiary/aromatic N) is 2. The molecular formula is C21H27N4O4+. The van der Waals surface area contributed by atoms with Crippen molar-refractivity contribution in [2.45, 2.75) is 13.8 Å². The van der Waals surface area contributed by atoms with Crippen LogP contribution < -0.4 is 19.9 Å². The Labute approximate surface area is 170 Å². The van der Waals surface area contributed by atoms with Gasteiger partial charge in [-0.2, -0.15) is 0 Å². The number of nitrogens with one attached hydrogen (secondary N) is 2. The Morgan fingerprint density at radius 2 is 1.86 bits per heavy atom. The second-order valence-electron chi connectivity index (χ2n) is 7.34. The second-order valence-corrected chi connectivity index (χ2v) is 7.34. The molecule has 0 unspecified atom stereocenters. The van der Waals surface area contributed by atoms with E-state index in [0.717, 1.165) is 53.6 Å². The molecule has 29 heavy (non-hydrogen) atoms. The van der Waals surface area contributed by atoms with Crippen LogP contribution in [0.4, 0.5) is 17.1 Å². The smallest absolute Gasteiger partial charge is 0.293 e. The average Bonchev–Trinajstić information content (AvgIpc) is 2.71. The summed E-state index contributed by atoms with van der Waals surface area (Å²) < 4.78 is 5.44. The molecule has 1 fully saturated rings. The zero-order chi connectivity index (χ0) is 21.0. The van der Waals surface area contributed by atoms with Gasteiger partial charge in [0.05, 0.1) is 43.9 Å². The number of nitro groups is 1. The van der Waals surface area contributed by atoms with E-state index in [9.17, 15) is 14.9 Å². The third kappa shape index (κ3) is 4.83. The number of methoxy groups -OCH3 is 1. The number of nitro benzene ring substituents is 1. The maximum Gasteiger partial charge on any atom is 0.293 e. The summed E-state index contributed by atoms with van der Waals surface area (Å²) in [7, 11) is 1.66. The van der Waals surface area contributed by atoms with Gasteiger partial charge in [0.15, 0.2) is 6.54 Å². The van der Waals surface area contributed by atoms with E-state index < -0.39 is 4.92 Å². The number of piperazine rings is 1. The Bertz CT molecular complexity index is 908. The molecule has 0 bridgehead atoms. The normalized spacial score (nSPS) is 14.5. The number of carbonyl (C=O) groups excluding carboxylic acids is 1. The van der Waals surface area contributed by atoms with Crippen molar-refractivity contribution in [3.8, 4) is 5.75 Å². The minimum Gasteiger partial charge on any atom is -0.495 e. The molecule has 0 aromatic heterocycles. The van der Waals surface area contributed by atoms with Crippen LogP contribution in [0.2, 0.25) is 0 Å². The minimum absolute atomic E-state index is 0.0718. The van der Waals surface area contributed by atoms with E-state index in [0.29, 0.717) is 0 Å². The number of hydrogen-bond acceptors (Lipinski definition) is 5. The van der Waals surface area contributed by atoms with Crippen molar-refractivity contribution in [3.05, 3.63) is 57.6 Å². The van der Waals surface area contributed by atoms with Gasteiger partial charge in [0.25, 0.3) is 11.6 Å². The Balaban J connectivity index is 1.59. The Kier molecular flexibility index (Phi) is 6.33. The molecule has 154 valence electrons. The molecule has 1 amide bonds. The summed E-state index contributed by atoms with van der Waals surface area (Å²) >= 11 is 0. The van der Waals surface area contributed by atoms with Gasteiger partial charge in [-0.15, -0.1) is 0 Å². The molecule has 1 heterocycles. The van der Waals surface area contributed by atoms with Crippen LogP contribution in [0.3, 0.4) is 0 Å². The van der Waals surface area contributed by atoms with E-state index in [4.69, 9.17) is 4.74 Å². The maximum atomic E-state index is 12.5. The first-order valence-electron chi connectivity index (χ1n) is 9.66. The molecule has 2 N–H and O–H groups in total. The molecule has 0 radical (unpaired) electrons. The molecule has 2 aromatic rings.